The van der Waals surface area contributed by atoms with Crippen molar-refractivity contribution in [2.75, 3.05) is 18.1 Å². The molecule has 3 rings (SSSR count). The molecule has 1 amide bonds. The third-order valence-corrected chi connectivity index (χ3v) is 5.85. The van der Waals surface area contributed by atoms with Gasteiger partial charge >= 0.3 is 0 Å². The first-order chi connectivity index (χ1) is 9.98. The van der Waals surface area contributed by atoms with Crippen molar-refractivity contribution in [2.24, 2.45) is 0 Å². The van der Waals surface area contributed by atoms with Crippen molar-refractivity contribution in [1.82, 2.24) is 10.2 Å². The van der Waals surface area contributed by atoms with Gasteiger partial charge in [0.25, 0.3) is 0 Å². The number of amides is 1. The maximum atomic E-state index is 14.0. The molecule has 5 nitrogen and oxygen atoms in total. The molecule has 2 fully saturated rings. The van der Waals surface area contributed by atoms with E-state index in [2.05, 4.69) is 5.32 Å². The summed E-state index contributed by atoms with van der Waals surface area (Å²) in [5, 5.41) is 3.02. The van der Waals surface area contributed by atoms with Crippen molar-refractivity contribution in [3.05, 3.63) is 35.6 Å². The summed E-state index contributed by atoms with van der Waals surface area (Å²) >= 11 is 0. The zero-order valence-corrected chi connectivity index (χ0v) is 12.3. The van der Waals surface area contributed by atoms with Crippen LogP contribution in [0.4, 0.5) is 4.39 Å². The highest BCUT2D eigenvalue weighted by Gasteiger charge is 2.40. The van der Waals surface area contributed by atoms with Crippen LogP contribution in [-0.2, 0) is 14.6 Å². The number of hydrogen-bond donors (Lipinski definition) is 1. The lowest BCUT2D eigenvalue weighted by atomic mass is 10.1. The van der Waals surface area contributed by atoms with Gasteiger partial charge in [-0.15, -0.1) is 0 Å². The molecule has 1 N–H and O–H groups in total. The largest absolute Gasteiger partial charge is 0.319 e. The average Bonchev–Trinajstić information content (AvgIpc) is 2.81. The Hall–Kier alpha value is -1.47. The van der Waals surface area contributed by atoms with Crippen LogP contribution >= 0.6 is 0 Å². The Kier molecular flexibility index (Phi) is 3.71. The van der Waals surface area contributed by atoms with Gasteiger partial charge in [0.1, 0.15) is 21.8 Å². The Morgan fingerprint density at radius 2 is 1.86 bits per heavy atom. The van der Waals surface area contributed by atoms with E-state index < -0.39 is 16.0 Å². The lowest BCUT2D eigenvalue weighted by Crippen LogP contribution is -2.44. The van der Waals surface area contributed by atoms with E-state index in [1.165, 1.54) is 6.07 Å². The van der Waals surface area contributed by atoms with Crippen LogP contribution in [-0.4, -0.2) is 43.3 Å². The quantitative estimate of drug-likeness (QED) is 0.878. The molecule has 0 spiro atoms. The van der Waals surface area contributed by atoms with Gasteiger partial charge < -0.3 is 4.90 Å². The number of sulfone groups is 1. The van der Waals surface area contributed by atoms with E-state index in [9.17, 15) is 17.6 Å². The summed E-state index contributed by atoms with van der Waals surface area (Å²) in [6.45, 7) is 0.155. The minimum atomic E-state index is -2.99. The third-order valence-electron chi connectivity index (χ3n) is 4.13. The molecular formula is C14H17FN2O3S. The standard InChI is InChI=1S/C14H17FN2O3S/c15-12-4-2-1-3-11(12)14-16-9-13(18)17(14)10-5-7-21(19,20)8-6-10/h1-4,10,14,16H,5-9H2. The Labute approximate surface area is 123 Å². The van der Waals surface area contributed by atoms with Gasteiger partial charge in [-0.2, -0.15) is 0 Å². The maximum absolute atomic E-state index is 14.0. The van der Waals surface area contributed by atoms with Crippen LogP contribution in [0.25, 0.3) is 0 Å². The summed E-state index contributed by atoms with van der Waals surface area (Å²) in [6, 6.07) is 6.20. The first-order valence-corrected chi connectivity index (χ1v) is 8.79. The Morgan fingerprint density at radius 3 is 2.52 bits per heavy atom. The number of carbonyl (C=O) groups excluding carboxylic acids is 1. The molecule has 7 heteroatoms. The second-order valence-electron chi connectivity index (χ2n) is 5.49. The first-order valence-electron chi connectivity index (χ1n) is 6.97. The smallest absolute Gasteiger partial charge is 0.238 e. The SMILES string of the molecule is O=C1CNC(c2ccccc2F)N1C1CCS(=O)(=O)CC1. The Balaban J connectivity index is 1.85. The predicted molar refractivity (Wildman–Crippen MR) is 75.7 cm³/mol. The predicted octanol–water partition coefficient (Wildman–Crippen LogP) is 0.833. The molecule has 1 aromatic carbocycles. The minimum absolute atomic E-state index is 0.0887. The van der Waals surface area contributed by atoms with Gasteiger partial charge in [-0.05, 0) is 18.9 Å². The number of hydrogen-bond acceptors (Lipinski definition) is 4. The average molecular weight is 312 g/mol. The Morgan fingerprint density at radius 1 is 1.19 bits per heavy atom. The van der Waals surface area contributed by atoms with Gasteiger partial charge in [0.15, 0.2) is 0 Å². The summed E-state index contributed by atoms with van der Waals surface area (Å²) in [5.41, 5.74) is 0.428. The van der Waals surface area contributed by atoms with Crippen LogP contribution < -0.4 is 5.32 Å². The molecule has 1 aromatic rings. The van der Waals surface area contributed by atoms with Crippen LogP contribution in [0.15, 0.2) is 24.3 Å². The molecule has 2 aliphatic rings. The van der Waals surface area contributed by atoms with Gasteiger partial charge in [-0.1, -0.05) is 18.2 Å². The fourth-order valence-corrected chi connectivity index (χ4v) is 4.51. The van der Waals surface area contributed by atoms with E-state index >= 15 is 0 Å². The van der Waals surface area contributed by atoms with E-state index in [0.717, 1.165) is 0 Å². The molecule has 2 aliphatic heterocycles. The van der Waals surface area contributed by atoms with Gasteiger partial charge in [-0.25, -0.2) is 12.8 Å². The summed E-state index contributed by atoms with van der Waals surface area (Å²) in [7, 11) is -2.99. The van der Waals surface area contributed by atoms with E-state index in [1.54, 1.807) is 23.1 Å². The van der Waals surface area contributed by atoms with Gasteiger partial charge in [0, 0.05) is 11.6 Å². The van der Waals surface area contributed by atoms with Crippen molar-refractivity contribution in [1.29, 1.82) is 0 Å². The fraction of sp³-hybridized carbons (Fsp3) is 0.500. The summed E-state index contributed by atoms with van der Waals surface area (Å²) in [4.78, 5) is 13.7. The molecule has 21 heavy (non-hydrogen) atoms. The van der Waals surface area contributed by atoms with Gasteiger partial charge in [-0.3, -0.25) is 10.1 Å². The number of carbonyl (C=O) groups is 1. The molecule has 0 aliphatic carbocycles. The van der Waals surface area contributed by atoms with Gasteiger partial charge in [0.05, 0.1) is 18.1 Å². The van der Waals surface area contributed by atoms with Crippen molar-refractivity contribution < 1.29 is 17.6 Å². The molecule has 2 saturated heterocycles. The Bertz CT molecular complexity index is 648. The minimum Gasteiger partial charge on any atom is -0.319 e. The second-order valence-corrected chi connectivity index (χ2v) is 7.79. The molecular weight excluding hydrogens is 295 g/mol. The molecule has 2 heterocycles. The summed E-state index contributed by atoms with van der Waals surface area (Å²) in [5.74, 6) is -0.290. The zero-order chi connectivity index (χ0) is 15.0. The van der Waals surface area contributed by atoms with Crippen molar-refractivity contribution in [3.8, 4) is 0 Å². The monoisotopic (exact) mass is 312 g/mol. The molecule has 0 saturated carbocycles. The van der Waals surface area contributed by atoms with Crippen LogP contribution in [0.1, 0.15) is 24.6 Å². The highest BCUT2D eigenvalue weighted by Crippen LogP contribution is 2.30. The maximum Gasteiger partial charge on any atom is 0.238 e. The third kappa shape index (κ3) is 2.80. The molecule has 1 unspecified atom stereocenters. The normalized spacial score (nSPS) is 26.2. The van der Waals surface area contributed by atoms with Crippen molar-refractivity contribution in [2.45, 2.75) is 25.0 Å². The lowest BCUT2D eigenvalue weighted by Gasteiger charge is -2.35. The number of benzene rings is 1. The van der Waals surface area contributed by atoms with Crippen molar-refractivity contribution in [3.63, 3.8) is 0 Å². The van der Waals surface area contributed by atoms with Crippen LogP contribution in [0.3, 0.4) is 0 Å². The lowest BCUT2D eigenvalue weighted by molar-refractivity contribution is -0.130. The molecule has 0 aromatic heterocycles. The molecule has 0 bridgehead atoms. The molecule has 0 radical (unpaired) electrons. The highest BCUT2D eigenvalue weighted by molar-refractivity contribution is 7.91. The van der Waals surface area contributed by atoms with E-state index in [0.29, 0.717) is 18.4 Å². The van der Waals surface area contributed by atoms with Crippen LogP contribution in [0.5, 0.6) is 0 Å². The molecule has 1 atom stereocenters. The van der Waals surface area contributed by atoms with Crippen LogP contribution in [0, 0.1) is 5.82 Å². The summed E-state index contributed by atoms with van der Waals surface area (Å²) < 4.78 is 37.0. The summed E-state index contributed by atoms with van der Waals surface area (Å²) in [6.07, 6.45) is 0.325. The highest BCUT2D eigenvalue weighted by atomic mass is 32.2. The molecule has 114 valence electrons. The number of nitrogens with one attached hydrogen (secondary N) is 1. The number of halogens is 1. The van der Waals surface area contributed by atoms with E-state index in [4.69, 9.17) is 0 Å². The van der Waals surface area contributed by atoms with Crippen molar-refractivity contribution >= 4 is 15.7 Å². The van der Waals surface area contributed by atoms with Gasteiger partial charge in [0.2, 0.25) is 5.91 Å². The van der Waals surface area contributed by atoms with E-state index in [1.807, 2.05) is 0 Å². The fourth-order valence-electron chi connectivity index (χ4n) is 3.04. The zero-order valence-electron chi connectivity index (χ0n) is 11.5. The first kappa shape index (κ1) is 14.5. The van der Waals surface area contributed by atoms with Crippen LogP contribution in [0.2, 0.25) is 0 Å². The second kappa shape index (κ2) is 5.38. The van der Waals surface area contributed by atoms with E-state index in [-0.39, 0.29) is 35.8 Å². The topological polar surface area (TPSA) is 66.5 Å². The number of nitrogens with zero attached hydrogens (tertiary/aromatic N) is 1. The number of rotatable bonds is 2.